The van der Waals surface area contributed by atoms with Gasteiger partial charge in [0.15, 0.2) is 11.6 Å². The number of H-pyrrole nitrogens is 1. The van der Waals surface area contributed by atoms with Gasteiger partial charge in [-0.1, -0.05) is 43.7 Å². The average molecular weight is 507 g/mol. The summed E-state index contributed by atoms with van der Waals surface area (Å²) >= 11 is 0. The lowest BCUT2D eigenvalue weighted by Gasteiger charge is -2.36. The van der Waals surface area contributed by atoms with E-state index >= 15 is 0 Å². The highest BCUT2D eigenvalue weighted by Crippen LogP contribution is 2.28. The maximum atomic E-state index is 14.7. The van der Waals surface area contributed by atoms with E-state index in [0.29, 0.717) is 26.2 Å². The summed E-state index contributed by atoms with van der Waals surface area (Å²) in [6, 6.07) is 9.95. The fraction of sp³-hybridized carbons (Fsp3) is 0.308. The van der Waals surface area contributed by atoms with Crippen molar-refractivity contribution in [3.63, 3.8) is 0 Å². The number of nitrogens with zero attached hydrogens (tertiary/aromatic N) is 5. The summed E-state index contributed by atoms with van der Waals surface area (Å²) < 4.78 is 14.7. The van der Waals surface area contributed by atoms with Crippen LogP contribution in [0.2, 0.25) is 0 Å². The van der Waals surface area contributed by atoms with E-state index < -0.39 is 17.5 Å². The summed E-state index contributed by atoms with van der Waals surface area (Å²) in [7, 11) is 0. The van der Waals surface area contributed by atoms with Gasteiger partial charge >= 0.3 is 0 Å². The number of pyridine rings is 1. The van der Waals surface area contributed by atoms with Crippen LogP contribution in [0.1, 0.15) is 35.7 Å². The number of aromatic nitrogens is 2. The zero-order chi connectivity index (χ0) is 26.4. The second-order valence-corrected chi connectivity index (χ2v) is 8.66. The Morgan fingerprint density at radius 3 is 2.57 bits per heavy atom. The van der Waals surface area contributed by atoms with Gasteiger partial charge in [0.05, 0.1) is 22.7 Å². The topological polar surface area (TPSA) is 137 Å². The van der Waals surface area contributed by atoms with Crippen LogP contribution in [0.4, 0.5) is 10.2 Å². The van der Waals surface area contributed by atoms with Gasteiger partial charge in [-0.2, -0.15) is 0 Å². The predicted octanol–water partition coefficient (Wildman–Crippen LogP) is 2.39. The molecule has 0 spiro atoms. The number of hydrogen-bond acceptors (Lipinski definition) is 7. The fourth-order valence-corrected chi connectivity index (χ4v) is 4.32. The number of carbonyl (C=O) groups is 2. The number of piperazine rings is 1. The van der Waals surface area contributed by atoms with Crippen molar-refractivity contribution in [3.8, 4) is 0 Å². The highest BCUT2D eigenvalue weighted by Gasteiger charge is 2.31. The van der Waals surface area contributed by atoms with E-state index in [1.807, 2.05) is 30.3 Å². The van der Waals surface area contributed by atoms with Crippen LogP contribution in [0.15, 0.2) is 60.1 Å². The van der Waals surface area contributed by atoms with Gasteiger partial charge in [-0.15, -0.1) is 0 Å². The van der Waals surface area contributed by atoms with E-state index in [2.05, 4.69) is 21.8 Å². The first-order valence-corrected chi connectivity index (χ1v) is 12.2. The molecule has 10 nitrogen and oxygen atoms in total. The molecule has 0 radical (unpaired) electrons. The second-order valence-electron chi connectivity index (χ2n) is 8.66. The SMILES string of the molecule is CCCCN=C(c1ccccc1)N1CCN(C(=O)C(=O)c2c[nH]c3c(N(N)/C=C\N)ncc(F)c23)CC1. The molecule has 3 aromatic rings. The van der Waals surface area contributed by atoms with Crippen molar-refractivity contribution in [3.05, 3.63) is 72.1 Å². The second kappa shape index (κ2) is 11.7. The van der Waals surface area contributed by atoms with Gasteiger partial charge in [0.1, 0.15) is 5.84 Å². The van der Waals surface area contributed by atoms with Crippen molar-refractivity contribution in [2.75, 3.05) is 37.7 Å². The Morgan fingerprint density at radius 2 is 1.89 bits per heavy atom. The number of hydrazine groups is 1. The Balaban J connectivity index is 1.51. The first-order chi connectivity index (χ1) is 18.0. The van der Waals surface area contributed by atoms with E-state index in [-0.39, 0.29) is 22.3 Å². The van der Waals surface area contributed by atoms with E-state index in [1.165, 1.54) is 23.5 Å². The molecule has 1 amide bonds. The van der Waals surface area contributed by atoms with Gasteiger partial charge in [-0.05, 0) is 6.42 Å². The zero-order valence-electron chi connectivity index (χ0n) is 20.7. The fourth-order valence-electron chi connectivity index (χ4n) is 4.32. The van der Waals surface area contributed by atoms with E-state index in [0.717, 1.165) is 42.0 Å². The third-order valence-electron chi connectivity index (χ3n) is 6.24. The molecular weight excluding hydrogens is 475 g/mol. The highest BCUT2D eigenvalue weighted by molar-refractivity contribution is 6.45. The van der Waals surface area contributed by atoms with Gasteiger partial charge in [0.25, 0.3) is 11.7 Å². The summed E-state index contributed by atoms with van der Waals surface area (Å²) in [5.74, 6) is 4.72. The first kappa shape index (κ1) is 25.8. The number of carbonyl (C=O) groups excluding carboxylic acids is 2. The number of fused-ring (bicyclic) bond motifs is 1. The molecule has 194 valence electrons. The molecule has 0 aliphatic carbocycles. The number of halogens is 1. The van der Waals surface area contributed by atoms with Crippen LogP contribution in [-0.4, -0.2) is 70.0 Å². The molecule has 1 saturated heterocycles. The molecule has 3 heterocycles. The minimum Gasteiger partial charge on any atom is -0.403 e. The molecule has 37 heavy (non-hydrogen) atoms. The summed E-state index contributed by atoms with van der Waals surface area (Å²) in [6.45, 7) is 4.60. The van der Waals surface area contributed by atoms with Crippen LogP contribution in [0.25, 0.3) is 10.9 Å². The molecule has 11 heteroatoms. The molecule has 0 atom stereocenters. The van der Waals surface area contributed by atoms with Crippen LogP contribution in [0.3, 0.4) is 0 Å². The van der Waals surface area contributed by atoms with Gasteiger partial charge in [-0.3, -0.25) is 19.6 Å². The molecule has 1 aliphatic rings. The van der Waals surface area contributed by atoms with Crippen molar-refractivity contribution >= 4 is 34.2 Å². The lowest BCUT2D eigenvalue weighted by molar-refractivity contribution is -0.127. The minimum absolute atomic E-state index is 0.0442. The van der Waals surface area contributed by atoms with Crippen LogP contribution in [0.5, 0.6) is 0 Å². The summed E-state index contributed by atoms with van der Waals surface area (Å²) in [6.07, 6.45) is 6.85. The number of nitrogens with one attached hydrogen (secondary N) is 1. The molecule has 1 fully saturated rings. The number of unbranched alkanes of at least 4 members (excludes halogenated alkanes) is 1. The maximum Gasteiger partial charge on any atom is 0.295 e. The van der Waals surface area contributed by atoms with Crippen LogP contribution in [0, 0.1) is 5.82 Å². The monoisotopic (exact) mass is 506 g/mol. The number of amides is 1. The number of Topliss-reactive ketones (excluding diaryl/α,β-unsaturated/α-hetero) is 1. The van der Waals surface area contributed by atoms with Crippen LogP contribution < -0.4 is 16.6 Å². The molecule has 0 saturated carbocycles. The number of benzene rings is 1. The number of aliphatic imine (C=N–C) groups is 1. The molecule has 1 aliphatic heterocycles. The predicted molar refractivity (Wildman–Crippen MR) is 141 cm³/mol. The van der Waals surface area contributed by atoms with E-state index in [9.17, 15) is 14.0 Å². The minimum atomic E-state index is -0.798. The molecule has 1 aromatic carbocycles. The van der Waals surface area contributed by atoms with Crippen molar-refractivity contribution < 1.29 is 14.0 Å². The van der Waals surface area contributed by atoms with Crippen molar-refractivity contribution in [1.29, 1.82) is 0 Å². The number of anilines is 1. The number of nitrogens with two attached hydrogens (primary N) is 2. The number of amidine groups is 1. The number of hydrogen-bond donors (Lipinski definition) is 3. The summed E-state index contributed by atoms with van der Waals surface area (Å²) in [5, 5.41) is 1.05. The lowest BCUT2D eigenvalue weighted by atomic mass is 10.1. The molecule has 5 N–H and O–H groups in total. The van der Waals surface area contributed by atoms with Crippen LogP contribution in [-0.2, 0) is 4.79 Å². The van der Waals surface area contributed by atoms with Gasteiger partial charge in [0, 0.05) is 56.9 Å². The number of aromatic amines is 1. The van der Waals surface area contributed by atoms with Crippen molar-refractivity contribution in [2.45, 2.75) is 19.8 Å². The Labute approximate surface area is 214 Å². The third-order valence-corrected chi connectivity index (χ3v) is 6.24. The van der Waals surface area contributed by atoms with Crippen LogP contribution >= 0.6 is 0 Å². The summed E-state index contributed by atoms with van der Waals surface area (Å²) in [5.41, 5.74) is 6.52. The van der Waals surface area contributed by atoms with Gasteiger partial charge < -0.3 is 20.5 Å². The quantitative estimate of drug-likeness (QED) is 0.0811. The lowest BCUT2D eigenvalue weighted by Crippen LogP contribution is -2.52. The largest absolute Gasteiger partial charge is 0.403 e. The number of rotatable bonds is 8. The molecule has 0 bridgehead atoms. The highest BCUT2D eigenvalue weighted by atomic mass is 19.1. The average Bonchev–Trinajstić information content (AvgIpc) is 3.37. The van der Waals surface area contributed by atoms with Crippen molar-refractivity contribution in [1.82, 2.24) is 19.8 Å². The Morgan fingerprint density at radius 1 is 1.19 bits per heavy atom. The normalized spacial score (nSPS) is 14.5. The Hall–Kier alpha value is -4.25. The molecule has 2 aromatic heterocycles. The van der Waals surface area contributed by atoms with E-state index in [1.54, 1.807) is 0 Å². The van der Waals surface area contributed by atoms with Gasteiger partial charge in [0.2, 0.25) is 0 Å². The van der Waals surface area contributed by atoms with Gasteiger partial charge in [-0.25, -0.2) is 15.2 Å². The zero-order valence-corrected chi connectivity index (χ0v) is 20.7. The third kappa shape index (κ3) is 5.46. The number of ketones is 1. The van der Waals surface area contributed by atoms with E-state index in [4.69, 9.17) is 16.6 Å². The standard InChI is InChI=1S/C26H31FN8O2/c1-2-3-10-30-24(18-7-5-4-6-8-18)33-12-14-34(15-13-33)26(37)23(36)19-16-31-22-21(19)20(27)17-32-25(22)35(29)11-9-28/h4-9,11,16-17,31H,2-3,10,12-15,28-29H2,1H3/b11-9-,30-24?. The van der Waals surface area contributed by atoms with Crippen molar-refractivity contribution in [2.24, 2.45) is 16.6 Å². The molecular formula is C26H31FN8O2. The summed E-state index contributed by atoms with van der Waals surface area (Å²) in [4.78, 5) is 41.6. The Bertz CT molecular complexity index is 1310. The molecule has 0 unspecified atom stereocenters. The molecule has 4 rings (SSSR count). The maximum absolute atomic E-state index is 14.7. The first-order valence-electron chi connectivity index (χ1n) is 12.2. The Kier molecular flexibility index (Phi) is 8.14. The smallest absolute Gasteiger partial charge is 0.295 e.